The zero-order valence-corrected chi connectivity index (χ0v) is 16.1. The lowest BCUT2D eigenvalue weighted by Crippen LogP contribution is -2.51. The van der Waals surface area contributed by atoms with Crippen molar-refractivity contribution in [3.63, 3.8) is 0 Å². The number of carbonyl (C=O) groups excluding carboxylic acids is 3. The van der Waals surface area contributed by atoms with Gasteiger partial charge in [-0.1, -0.05) is 26.0 Å². The molecule has 3 aliphatic rings. The Bertz CT molecular complexity index is 768. The average Bonchev–Trinajstić information content (AvgIpc) is 3.11. The van der Waals surface area contributed by atoms with Crippen LogP contribution in [-0.2, 0) is 9.59 Å². The first-order chi connectivity index (χ1) is 13.0. The summed E-state index contributed by atoms with van der Waals surface area (Å²) < 4.78 is 0. The Balaban J connectivity index is 1.64. The first-order valence-corrected chi connectivity index (χ1v) is 9.95. The third-order valence-electron chi connectivity index (χ3n) is 6.00. The third-order valence-corrected chi connectivity index (χ3v) is 6.00. The summed E-state index contributed by atoms with van der Waals surface area (Å²) in [7, 11) is 0. The van der Waals surface area contributed by atoms with Crippen LogP contribution >= 0.6 is 0 Å². The number of likely N-dealkylation sites (tertiary alicyclic amines) is 1. The van der Waals surface area contributed by atoms with Gasteiger partial charge in [-0.15, -0.1) is 0 Å². The smallest absolute Gasteiger partial charge is 0.256 e. The second-order valence-corrected chi connectivity index (χ2v) is 8.34. The van der Waals surface area contributed by atoms with Crippen molar-refractivity contribution >= 4 is 23.4 Å². The fourth-order valence-electron chi connectivity index (χ4n) is 4.87. The number of fused-ring (bicyclic) bond motifs is 2. The molecule has 0 bridgehead atoms. The quantitative estimate of drug-likeness (QED) is 0.802. The van der Waals surface area contributed by atoms with Crippen LogP contribution in [0, 0.1) is 11.8 Å². The molecule has 0 N–H and O–H groups in total. The summed E-state index contributed by atoms with van der Waals surface area (Å²) in [5.74, 6) is 0.678. The predicted molar refractivity (Wildman–Crippen MR) is 102 cm³/mol. The number of carbonyl (C=O) groups is 3. The van der Waals surface area contributed by atoms with Crippen LogP contribution in [0.3, 0.4) is 0 Å². The molecule has 144 valence electrons. The number of piperidine rings is 1. The second-order valence-electron chi connectivity index (χ2n) is 8.34. The van der Waals surface area contributed by atoms with E-state index in [1.54, 1.807) is 21.9 Å². The van der Waals surface area contributed by atoms with Gasteiger partial charge < -0.3 is 14.7 Å². The summed E-state index contributed by atoms with van der Waals surface area (Å²) in [4.78, 5) is 44.3. The van der Waals surface area contributed by atoms with Gasteiger partial charge in [-0.25, -0.2) is 0 Å². The van der Waals surface area contributed by atoms with Crippen molar-refractivity contribution in [1.82, 2.24) is 9.80 Å². The number of amides is 3. The molecule has 1 aromatic carbocycles. The Hall–Kier alpha value is -2.37. The summed E-state index contributed by atoms with van der Waals surface area (Å²) >= 11 is 0. The molecule has 0 aromatic heterocycles. The largest absolute Gasteiger partial charge is 0.341 e. The van der Waals surface area contributed by atoms with Crippen LogP contribution in [0.25, 0.3) is 0 Å². The highest BCUT2D eigenvalue weighted by Crippen LogP contribution is 2.32. The summed E-state index contributed by atoms with van der Waals surface area (Å²) in [6, 6.07) is 6.72. The maximum absolute atomic E-state index is 13.2. The average molecular weight is 369 g/mol. The molecule has 3 amide bonds. The minimum atomic E-state index is -0.447. The van der Waals surface area contributed by atoms with Gasteiger partial charge in [0.25, 0.3) is 5.91 Å². The van der Waals surface area contributed by atoms with Crippen molar-refractivity contribution in [2.24, 2.45) is 11.8 Å². The molecule has 6 nitrogen and oxygen atoms in total. The maximum atomic E-state index is 13.2. The van der Waals surface area contributed by atoms with Crippen LogP contribution < -0.4 is 4.90 Å². The molecule has 3 atom stereocenters. The highest BCUT2D eigenvalue weighted by Gasteiger charge is 2.42. The summed E-state index contributed by atoms with van der Waals surface area (Å²) in [6.45, 7) is 6.41. The molecule has 0 radical (unpaired) electrons. The Labute approximate surface area is 160 Å². The number of rotatable bonds is 2. The lowest BCUT2D eigenvalue weighted by atomic mass is 9.92. The fraction of sp³-hybridized carbons (Fsp3) is 0.571. The van der Waals surface area contributed by atoms with E-state index in [9.17, 15) is 14.4 Å². The zero-order valence-electron chi connectivity index (χ0n) is 16.1. The number of nitrogens with zero attached hydrogens (tertiary/aromatic N) is 3. The number of hydrogen-bond acceptors (Lipinski definition) is 3. The van der Waals surface area contributed by atoms with Gasteiger partial charge in [0.05, 0.1) is 11.3 Å². The van der Waals surface area contributed by atoms with Crippen LogP contribution in [0.2, 0.25) is 0 Å². The SMILES string of the molecule is CC1CC(C)CN(C(=O)CN2C(=O)[C@H]3CCCN3C(=O)c3ccccc32)C1. The number of benzene rings is 1. The lowest BCUT2D eigenvalue weighted by Gasteiger charge is -2.36. The Morgan fingerprint density at radius 1 is 1.11 bits per heavy atom. The minimum absolute atomic E-state index is 0.00685. The van der Waals surface area contributed by atoms with Crippen molar-refractivity contribution in [3.8, 4) is 0 Å². The zero-order chi connectivity index (χ0) is 19.1. The van der Waals surface area contributed by atoms with E-state index >= 15 is 0 Å². The van der Waals surface area contributed by atoms with Crippen LogP contribution in [-0.4, -0.2) is 59.7 Å². The number of hydrogen-bond donors (Lipinski definition) is 0. The van der Waals surface area contributed by atoms with E-state index in [2.05, 4.69) is 13.8 Å². The van der Waals surface area contributed by atoms with E-state index in [0.29, 0.717) is 36.1 Å². The lowest BCUT2D eigenvalue weighted by molar-refractivity contribution is -0.134. The molecule has 27 heavy (non-hydrogen) atoms. The number of para-hydroxylation sites is 1. The third kappa shape index (κ3) is 3.22. The normalized spacial score (nSPS) is 28.1. The van der Waals surface area contributed by atoms with E-state index < -0.39 is 6.04 Å². The van der Waals surface area contributed by atoms with E-state index in [1.165, 1.54) is 0 Å². The Morgan fingerprint density at radius 2 is 1.81 bits per heavy atom. The molecule has 3 aliphatic heterocycles. The molecule has 3 heterocycles. The molecule has 2 fully saturated rings. The van der Waals surface area contributed by atoms with Gasteiger partial charge in [0.15, 0.2) is 0 Å². The predicted octanol–water partition coefficient (Wildman–Crippen LogP) is 2.14. The van der Waals surface area contributed by atoms with Crippen molar-refractivity contribution in [1.29, 1.82) is 0 Å². The van der Waals surface area contributed by atoms with Crippen molar-refractivity contribution in [3.05, 3.63) is 29.8 Å². The van der Waals surface area contributed by atoms with Gasteiger partial charge in [-0.2, -0.15) is 0 Å². The Kier molecular flexibility index (Phi) is 4.66. The van der Waals surface area contributed by atoms with E-state index in [-0.39, 0.29) is 24.3 Å². The van der Waals surface area contributed by atoms with Crippen LogP contribution in [0.1, 0.15) is 43.5 Å². The van der Waals surface area contributed by atoms with Gasteiger partial charge in [-0.05, 0) is 43.2 Å². The van der Waals surface area contributed by atoms with Crippen molar-refractivity contribution < 1.29 is 14.4 Å². The van der Waals surface area contributed by atoms with Crippen molar-refractivity contribution in [2.75, 3.05) is 31.1 Å². The molecular formula is C21H27N3O3. The standard InChI is InChI=1S/C21H27N3O3/c1-14-10-15(2)12-22(11-14)19(25)13-24-17-7-4-3-6-16(17)20(26)23-9-5-8-18(23)21(24)27/h3-4,6-7,14-15,18H,5,8-13H2,1-2H3/t14?,15?,18-/m1/s1. The Morgan fingerprint density at radius 3 is 2.56 bits per heavy atom. The van der Waals surface area contributed by atoms with Crippen LogP contribution in [0.5, 0.6) is 0 Å². The molecule has 0 saturated carbocycles. The van der Waals surface area contributed by atoms with Gasteiger partial charge in [0, 0.05) is 19.6 Å². The maximum Gasteiger partial charge on any atom is 0.256 e. The molecule has 1 aromatic rings. The van der Waals surface area contributed by atoms with Crippen molar-refractivity contribution in [2.45, 2.75) is 39.2 Å². The molecule has 0 aliphatic carbocycles. The molecular weight excluding hydrogens is 342 g/mol. The first kappa shape index (κ1) is 18.0. The van der Waals surface area contributed by atoms with Crippen LogP contribution in [0.15, 0.2) is 24.3 Å². The monoisotopic (exact) mass is 369 g/mol. The summed E-state index contributed by atoms with van der Waals surface area (Å²) in [6.07, 6.45) is 2.62. The summed E-state index contributed by atoms with van der Waals surface area (Å²) in [5.41, 5.74) is 1.08. The highest BCUT2D eigenvalue weighted by molar-refractivity contribution is 6.12. The molecule has 6 heteroatoms. The number of anilines is 1. The van der Waals surface area contributed by atoms with E-state index in [0.717, 1.165) is 25.9 Å². The second kappa shape index (κ2) is 6.98. The molecule has 4 rings (SSSR count). The fourth-order valence-corrected chi connectivity index (χ4v) is 4.87. The minimum Gasteiger partial charge on any atom is -0.341 e. The molecule has 2 saturated heterocycles. The van der Waals surface area contributed by atoms with E-state index in [4.69, 9.17) is 0 Å². The van der Waals surface area contributed by atoms with Gasteiger partial charge in [-0.3, -0.25) is 14.4 Å². The topological polar surface area (TPSA) is 60.9 Å². The van der Waals surface area contributed by atoms with Gasteiger partial charge in [0.1, 0.15) is 12.6 Å². The summed E-state index contributed by atoms with van der Waals surface area (Å²) in [5, 5.41) is 0. The van der Waals surface area contributed by atoms with Crippen LogP contribution in [0.4, 0.5) is 5.69 Å². The van der Waals surface area contributed by atoms with E-state index in [1.807, 2.05) is 17.0 Å². The van der Waals surface area contributed by atoms with Gasteiger partial charge >= 0.3 is 0 Å². The van der Waals surface area contributed by atoms with Gasteiger partial charge in [0.2, 0.25) is 11.8 Å². The first-order valence-electron chi connectivity index (χ1n) is 9.95. The molecule has 2 unspecified atom stereocenters. The highest BCUT2D eigenvalue weighted by atomic mass is 16.2. The molecule has 0 spiro atoms.